The summed E-state index contributed by atoms with van der Waals surface area (Å²) in [5.74, 6) is 2.13. The lowest BCUT2D eigenvalue weighted by Gasteiger charge is -2.35. The van der Waals surface area contributed by atoms with Crippen LogP contribution >= 0.6 is 0 Å². The summed E-state index contributed by atoms with van der Waals surface area (Å²) in [6.45, 7) is 4.36. The fraction of sp³-hybridized carbons (Fsp3) is 0.292. The Bertz CT molecular complexity index is 1010. The Hall–Kier alpha value is -3.61. The van der Waals surface area contributed by atoms with Crippen molar-refractivity contribution in [2.75, 3.05) is 0 Å². The first-order valence-electron chi connectivity index (χ1n) is 10.2. The van der Waals surface area contributed by atoms with Gasteiger partial charge in [0, 0.05) is 24.3 Å². The van der Waals surface area contributed by atoms with E-state index in [-0.39, 0.29) is 17.6 Å². The third-order valence-electron chi connectivity index (χ3n) is 5.65. The topological polar surface area (TPSA) is 93.6 Å². The van der Waals surface area contributed by atoms with Crippen molar-refractivity contribution in [3.63, 3.8) is 0 Å². The molecule has 160 valence electrons. The van der Waals surface area contributed by atoms with Crippen molar-refractivity contribution in [3.8, 4) is 17.2 Å². The van der Waals surface area contributed by atoms with Crippen LogP contribution in [0.25, 0.3) is 0 Å². The minimum absolute atomic E-state index is 0.0120. The molecule has 4 rings (SSSR count). The normalized spacial score (nSPS) is 18.0. The average Bonchev–Trinajstić information content (AvgIpc) is 2.73. The molecular formula is C24H25N3O4. The van der Waals surface area contributed by atoms with E-state index in [0.29, 0.717) is 18.6 Å². The molecule has 0 atom stereocenters. The summed E-state index contributed by atoms with van der Waals surface area (Å²) in [5.41, 5.74) is 2.14. The molecule has 1 aliphatic carbocycles. The minimum Gasteiger partial charge on any atom is -0.490 e. The summed E-state index contributed by atoms with van der Waals surface area (Å²) in [6, 6.07) is 16.1. The molecule has 1 heterocycles. The van der Waals surface area contributed by atoms with Crippen LogP contribution < -0.4 is 14.8 Å². The van der Waals surface area contributed by atoms with Crippen molar-refractivity contribution >= 4 is 6.09 Å². The second-order valence-corrected chi connectivity index (χ2v) is 8.21. The van der Waals surface area contributed by atoms with E-state index in [1.165, 1.54) is 17.5 Å². The Morgan fingerprint density at radius 3 is 2.03 bits per heavy atom. The van der Waals surface area contributed by atoms with Crippen LogP contribution in [-0.4, -0.2) is 33.3 Å². The lowest BCUT2D eigenvalue weighted by molar-refractivity contribution is 0.0833. The molecular weight excluding hydrogens is 394 g/mol. The van der Waals surface area contributed by atoms with Crippen molar-refractivity contribution in [1.29, 1.82) is 0 Å². The highest BCUT2D eigenvalue weighted by Gasteiger charge is 2.32. The number of amides is 1. The maximum Gasteiger partial charge on any atom is 0.404 e. The number of nitrogens with one attached hydrogen (secondary N) is 1. The Labute approximate surface area is 181 Å². The summed E-state index contributed by atoms with van der Waals surface area (Å²) in [7, 11) is 0. The van der Waals surface area contributed by atoms with Gasteiger partial charge in [0.05, 0.1) is 12.4 Å². The monoisotopic (exact) mass is 419 g/mol. The molecule has 31 heavy (non-hydrogen) atoms. The van der Waals surface area contributed by atoms with Crippen LogP contribution in [0.5, 0.6) is 17.2 Å². The number of rotatable bonds is 7. The number of aromatic nitrogens is 2. The van der Waals surface area contributed by atoms with Gasteiger partial charge in [0.1, 0.15) is 23.9 Å². The first kappa shape index (κ1) is 20.7. The van der Waals surface area contributed by atoms with Crippen LogP contribution in [0.1, 0.15) is 37.8 Å². The average molecular weight is 419 g/mol. The molecule has 0 unspecified atom stereocenters. The lowest BCUT2D eigenvalue weighted by Crippen LogP contribution is -2.48. The molecule has 0 aliphatic heterocycles. The van der Waals surface area contributed by atoms with E-state index in [1.807, 2.05) is 24.3 Å². The zero-order chi connectivity index (χ0) is 21.8. The Balaban J connectivity index is 1.37. The van der Waals surface area contributed by atoms with E-state index >= 15 is 0 Å². The smallest absolute Gasteiger partial charge is 0.404 e. The van der Waals surface area contributed by atoms with Crippen LogP contribution in [0.15, 0.2) is 67.3 Å². The van der Waals surface area contributed by atoms with E-state index < -0.39 is 6.09 Å². The highest BCUT2D eigenvalue weighted by molar-refractivity contribution is 5.65. The van der Waals surface area contributed by atoms with Crippen LogP contribution in [0.2, 0.25) is 0 Å². The van der Waals surface area contributed by atoms with Gasteiger partial charge in [0.2, 0.25) is 0 Å². The van der Waals surface area contributed by atoms with E-state index in [4.69, 9.17) is 14.6 Å². The maximum absolute atomic E-state index is 10.7. The fourth-order valence-electron chi connectivity index (χ4n) is 3.68. The number of hydrogen-bond donors (Lipinski definition) is 2. The summed E-state index contributed by atoms with van der Waals surface area (Å²) < 4.78 is 11.7. The van der Waals surface area contributed by atoms with Crippen molar-refractivity contribution < 1.29 is 19.4 Å². The van der Waals surface area contributed by atoms with Crippen LogP contribution in [-0.2, 0) is 5.41 Å². The quantitative estimate of drug-likeness (QED) is 0.573. The van der Waals surface area contributed by atoms with Crippen molar-refractivity contribution in [2.45, 2.75) is 44.2 Å². The van der Waals surface area contributed by atoms with E-state index in [1.54, 1.807) is 12.4 Å². The molecule has 2 aromatic carbocycles. The molecule has 1 amide bonds. The molecule has 7 nitrogen and oxygen atoms in total. The van der Waals surface area contributed by atoms with Gasteiger partial charge in [-0.3, -0.25) is 0 Å². The van der Waals surface area contributed by atoms with E-state index in [2.05, 4.69) is 53.4 Å². The molecule has 0 saturated heterocycles. The Morgan fingerprint density at radius 2 is 1.48 bits per heavy atom. The highest BCUT2D eigenvalue weighted by Crippen LogP contribution is 2.34. The van der Waals surface area contributed by atoms with Gasteiger partial charge >= 0.3 is 6.09 Å². The number of benzene rings is 2. The van der Waals surface area contributed by atoms with Gasteiger partial charge in [-0.15, -0.1) is 0 Å². The summed E-state index contributed by atoms with van der Waals surface area (Å²) in [5, 5.41) is 11.2. The van der Waals surface area contributed by atoms with Gasteiger partial charge in [0.15, 0.2) is 5.75 Å². The molecule has 1 aliphatic rings. The van der Waals surface area contributed by atoms with Crippen LogP contribution in [0.4, 0.5) is 4.79 Å². The van der Waals surface area contributed by atoms with Gasteiger partial charge in [0.25, 0.3) is 0 Å². The van der Waals surface area contributed by atoms with Crippen LogP contribution in [0.3, 0.4) is 0 Å². The first-order valence-corrected chi connectivity index (χ1v) is 10.2. The van der Waals surface area contributed by atoms with E-state index in [0.717, 1.165) is 11.5 Å². The van der Waals surface area contributed by atoms with Gasteiger partial charge in [-0.05, 0) is 35.4 Å². The molecule has 0 spiro atoms. The molecule has 1 aromatic heterocycles. The standard InChI is InChI=1S/C24H25N3O4/c1-24(2,17-5-9-20(10-6-17)31-22-13-25-15-26-14-22)16-3-7-19(8-4-16)30-21-11-18(12-21)27-23(28)29/h3-10,13-15,18,21,27H,11-12H2,1-2H3,(H,28,29). The van der Waals surface area contributed by atoms with E-state index in [9.17, 15) is 4.79 Å². The van der Waals surface area contributed by atoms with Crippen molar-refractivity contribution in [1.82, 2.24) is 15.3 Å². The Morgan fingerprint density at radius 1 is 0.935 bits per heavy atom. The molecule has 3 aromatic rings. The Kier molecular flexibility index (Phi) is 5.75. The first-order chi connectivity index (χ1) is 14.9. The predicted octanol–water partition coefficient (Wildman–Crippen LogP) is 4.77. The fourth-order valence-corrected chi connectivity index (χ4v) is 3.68. The number of carboxylic acid groups (broad SMARTS) is 1. The van der Waals surface area contributed by atoms with Crippen molar-refractivity contribution in [2.24, 2.45) is 0 Å². The number of ether oxygens (including phenoxy) is 2. The number of hydrogen-bond acceptors (Lipinski definition) is 5. The molecule has 2 N–H and O–H groups in total. The minimum atomic E-state index is -0.983. The summed E-state index contributed by atoms with van der Waals surface area (Å²) in [6.07, 6.45) is 5.18. The van der Waals surface area contributed by atoms with Gasteiger partial charge in [-0.1, -0.05) is 38.1 Å². The maximum atomic E-state index is 10.7. The molecule has 0 bridgehead atoms. The second kappa shape index (κ2) is 8.63. The largest absolute Gasteiger partial charge is 0.490 e. The van der Waals surface area contributed by atoms with Gasteiger partial charge < -0.3 is 19.9 Å². The molecule has 1 saturated carbocycles. The van der Waals surface area contributed by atoms with Gasteiger partial charge in [-0.2, -0.15) is 0 Å². The lowest BCUT2D eigenvalue weighted by atomic mass is 9.78. The number of carbonyl (C=O) groups is 1. The zero-order valence-electron chi connectivity index (χ0n) is 17.5. The summed E-state index contributed by atoms with van der Waals surface area (Å²) in [4.78, 5) is 18.6. The summed E-state index contributed by atoms with van der Waals surface area (Å²) >= 11 is 0. The van der Waals surface area contributed by atoms with Crippen molar-refractivity contribution in [3.05, 3.63) is 78.4 Å². The zero-order valence-corrected chi connectivity index (χ0v) is 17.5. The highest BCUT2D eigenvalue weighted by atomic mass is 16.5. The molecule has 7 heteroatoms. The molecule has 1 fully saturated rings. The SMILES string of the molecule is CC(C)(c1ccc(Oc2cncnc2)cc1)c1ccc(OC2CC(NC(=O)O)C2)cc1. The molecule has 0 radical (unpaired) electrons. The predicted molar refractivity (Wildman–Crippen MR) is 116 cm³/mol. The third kappa shape index (κ3) is 4.94. The van der Waals surface area contributed by atoms with Gasteiger partial charge in [-0.25, -0.2) is 14.8 Å². The van der Waals surface area contributed by atoms with Crippen LogP contribution in [0, 0.1) is 0 Å². The number of nitrogens with zero attached hydrogens (tertiary/aromatic N) is 2. The third-order valence-corrected chi connectivity index (χ3v) is 5.65. The second-order valence-electron chi connectivity index (χ2n) is 8.21.